The Kier molecular flexibility index (Phi) is 6.01. The van der Waals surface area contributed by atoms with Gasteiger partial charge in [-0.25, -0.2) is 27.3 Å². The van der Waals surface area contributed by atoms with E-state index in [2.05, 4.69) is 14.9 Å². The molecule has 0 spiro atoms. The maximum absolute atomic E-state index is 14.0. The molecule has 1 fully saturated rings. The van der Waals surface area contributed by atoms with Crippen LogP contribution >= 0.6 is 0 Å². The van der Waals surface area contributed by atoms with Gasteiger partial charge in [0.25, 0.3) is 0 Å². The molecule has 11 heteroatoms. The largest absolute Gasteiger partial charge is 0.331 e. The Bertz CT molecular complexity index is 1750. The monoisotopic (exact) mass is 535 g/mol. The highest BCUT2D eigenvalue weighted by Crippen LogP contribution is 2.42. The molecule has 0 radical (unpaired) electrons. The molecular formula is C27H26FN5O4S. The number of hydrogen-bond acceptors (Lipinski definition) is 7. The SMILES string of the molecule is Cc1nnn(C)c1-c1cnc2c3c(S(C)(=O)=O)cccc3n([C@H](c3ccc(F)cc3)C3CCOOC3)c2c1. The number of halogens is 1. The number of sulfone groups is 1. The summed E-state index contributed by atoms with van der Waals surface area (Å²) in [7, 11) is -1.75. The number of benzene rings is 2. The van der Waals surface area contributed by atoms with Gasteiger partial charge >= 0.3 is 0 Å². The Morgan fingerprint density at radius 3 is 2.55 bits per heavy atom. The zero-order chi connectivity index (χ0) is 26.6. The van der Waals surface area contributed by atoms with E-state index in [0.717, 1.165) is 28.0 Å². The lowest BCUT2D eigenvalue weighted by molar-refractivity contribution is -0.326. The first-order chi connectivity index (χ1) is 18.2. The normalized spacial score (nSPS) is 17.3. The summed E-state index contributed by atoms with van der Waals surface area (Å²) >= 11 is 0. The minimum atomic E-state index is -3.57. The predicted molar refractivity (Wildman–Crippen MR) is 140 cm³/mol. The van der Waals surface area contributed by atoms with E-state index in [0.29, 0.717) is 36.1 Å². The summed E-state index contributed by atoms with van der Waals surface area (Å²) in [4.78, 5) is 15.6. The van der Waals surface area contributed by atoms with Gasteiger partial charge < -0.3 is 4.57 Å². The molecule has 3 aromatic heterocycles. The number of rotatable bonds is 5. The van der Waals surface area contributed by atoms with Crippen LogP contribution in [0.3, 0.4) is 0 Å². The van der Waals surface area contributed by atoms with Crippen molar-refractivity contribution >= 4 is 31.8 Å². The van der Waals surface area contributed by atoms with Gasteiger partial charge in [0.05, 0.1) is 52.1 Å². The van der Waals surface area contributed by atoms with Gasteiger partial charge in [-0.15, -0.1) is 5.10 Å². The highest BCUT2D eigenvalue weighted by Gasteiger charge is 2.32. The molecule has 5 aromatic rings. The molecule has 196 valence electrons. The van der Waals surface area contributed by atoms with Crippen LogP contribution in [0.1, 0.15) is 23.7 Å². The average molecular weight is 536 g/mol. The van der Waals surface area contributed by atoms with Gasteiger partial charge in [0.1, 0.15) is 5.82 Å². The molecule has 0 N–H and O–H groups in total. The van der Waals surface area contributed by atoms with Crippen molar-refractivity contribution in [1.82, 2.24) is 24.5 Å². The highest BCUT2D eigenvalue weighted by atomic mass is 32.2. The number of aromatic nitrogens is 5. The van der Waals surface area contributed by atoms with Crippen molar-refractivity contribution in [3.05, 3.63) is 71.8 Å². The second-order valence-corrected chi connectivity index (χ2v) is 11.7. The Hall–Kier alpha value is -3.67. The van der Waals surface area contributed by atoms with Gasteiger partial charge in [-0.1, -0.05) is 23.4 Å². The van der Waals surface area contributed by atoms with E-state index >= 15 is 0 Å². The molecule has 0 bridgehead atoms. The second kappa shape index (κ2) is 9.26. The van der Waals surface area contributed by atoms with Gasteiger partial charge in [-0.2, -0.15) is 0 Å². The zero-order valence-corrected chi connectivity index (χ0v) is 21.9. The summed E-state index contributed by atoms with van der Waals surface area (Å²) in [5.41, 5.74) is 5.26. The summed E-state index contributed by atoms with van der Waals surface area (Å²) in [6.07, 6.45) is 3.63. The fraction of sp³-hybridized carbons (Fsp3) is 0.296. The van der Waals surface area contributed by atoms with E-state index in [-0.39, 0.29) is 22.7 Å². The van der Waals surface area contributed by atoms with Crippen molar-refractivity contribution in [2.75, 3.05) is 19.5 Å². The number of aryl methyl sites for hydroxylation is 2. The van der Waals surface area contributed by atoms with Crippen LogP contribution in [0, 0.1) is 18.7 Å². The third-order valence-corrected chi connectivity index (χ3v) is 8.31. The zero-order valence-electron chi connectivity index (χ0n) is 21.1. The van der Waals surface area contributed by atoms with Gasteiger partial charge in [0.2, 0.25) is 0 Å². The third kappa shape index (κ3) is 4.07. The van der Waals surface area contributed by atoms with E-state index in [1.54, 1.807) is 35.1 Å². The lowest BCUT2D eigenvalue weighted by Gasteiger charge is -2.32. The first kappa shape index (κ1) is 24.7. The number of nitrogens with zero attached hydrogens (tertiary/aromatic N) is 5. The van der Waals surface area contributed by atoms with Crippen LogP contribution in [0.25, 0.3) is 33.2 Å². The standard InChI is InChI=1S/C27H26FN5O4S/c1-16-26(32(2)31-30-16)19-13-22-25(29-14-19)24-21(5-4-6-23(24)38(3,34)35)33(22)27(18-11-12-36-37-15-18)17-7-9-20(28)10-8-17/h4-10,13-14,18,27H,11-12,15H2,1-3H3/t18?,27-/m1/s1. The van der Waals surface area contributed by atoms with Crippen LogP contribution in [-0.2, 0) is 26.7 Å². The fourth-order valence-corrected chi connectivity index (χ4v) is 6.43. The van der Waals surface area contributed by atoms with Crippen molar-refractivity contribution < 1.29 is 22.6 Å². The smallest absolute Gasteiger partial charge is 0.176 e. The molecule has 2 atom stereocenters. The summed E-state index contributed by atoms with van der Waals surface area (Å²) in [5, 5.41) is 8.87. The average Bonchev–Trinajstić information content (AvgIpc) is 3.41. The predicted octanol–water partition coefficient (Wildman–Crippen LogP) is 4.39. The Labute approximate surface area is 218 Å². The molecule has 0 amide bonds. The van der Waals surface area contributed by atoms with Crippen LogP contribution < -0.4 is 0 Å². The van der Waals surface area contributed by atoms with E-state index in [4.69, 9.17) is 14.8 Å². The highest BCUT2D eigenvalue weighted by molar-refractivity contribution is 7.91. The van der Waals surface area contributed by atoms with Crippen molar-refractivity contribution in [1.29, 1.82) is 0 Å². The van der Waals surface area contributed by atoms with Gasteiger partial charge in [-0.05, 0) is 49.2 Å². The lowest BCUT2D eigenvalue weighted by atomic mass is 9.90. The third-order valence-electron chi connectivity index (χ3n) is 7.17. The van der Waals surface area contributed by atoms with Crippen LogP contribution in [-0.4, -0.2) is 52.4 Å². The van der Waals surface area contributed by atoms with Gasteiger partial charge in [-0.3, -0.25) is 4.98 Å². The fourth-order valence-electron chi connectivity index (χ4n) is 5.53. The van der Waals surface area contributed by atoms with E-state index in [1.165, 1.54) is 18.4 Å². The quantitative estimate of drug-likeness (QED) is 0.308. The van der Waals surface area contributed by atoms with Crippen molar-refractivity contribution in [2.24, 2.45) is 13.0 Å². The van der Waals surface area contributed by atoms with Crippen molar-refractivity contribution in [2.45, 2.75) is 24.3 Å². The van der Waals surface area contributed by atoms with E-state index in [9.17, 15) is 12.8 Å². The molecule has 4 heterocycles. The molecule has 1 unspecified atom stereocenters. The molecule has 2 aromatic carbocycles. The number of fused-ring (bicyclic) bond motifs is 3. The number of hydrogen-bond donors (Lipinski definition) is 0. The first-order valence-corrected chi connectivity index (χ1v) is 14.1. The molecule has 0 saturated carbocycles. The maximum atomic E-state index is 14.0. The maximum Gasteiger partial charge on any atom is 0.176 e. The second-order valence-electron chi connectivity index (χ2n) is 9.68. The summed E-state index contributed by atoms with van der Waals surface area (Å²) in [6.45, 7) is 2.62. The first-order valence-electron chi connectivity index (χ1n) is 12.2. The summed E-state index contributed by atoms with van der Waals surface area (Å²) in [5.74, 6) is -0.362. The van der Waals surface area contributed by atoms with Crippen LogP contribution in [0.4, 0.5) is 4.39 Å². The molecule has 6 rings (SSSR count). The van der Waals surface area contributed by atoms with E-state index < -0.39 is 9.84 Å². The minimum absolute atomic E-state index is 0.0290. The van der Waals surface area contributed by atoms with Crippen LogP contribution in [0.2, 0.25) is 0 Å². The molecule has 1 aliphatic rings. The topological polar surface area (TPSA) is 101 Å². The minimum Gasteiger partial charge on any atom is -0.331 e. The molecular weight excluding hydrogens is 509 g/mol. The number of pyridine rings is 1. The Balaban J connectivity index is 1.73. The lowest BCUT2D eigenvalue weighted by Crippen LogP contribution is -2.29. The Morgan fingerprint density at radius 2 is 1.89 bits per heavy atom. The van der Waals surface area contributed by atoms with Crippen LogP contribution in [0.15, 0.2) is 59.6 Å². The molecule has 38 heavy (non-hydrogen) atoms. The molecule has 9 nitrogen and oxygen atoms in total. The molecule has 1 aliphatic heterocycles. The van der Waals surface area contributed by atoms with Gasteiger partial charge in [0.15, 0.2) is 9.84 Å². The van der Waals surface area contributed by atoms with Crippen molar-refractivity contribution in [3.8, 4) is 11.3 Å². The molecule has 0 aliphatic carbocycles. The van der Waals surface area contributed by atoms with E-state index in [1.807, 2.05) is 26.1 Å². The molecule has 1 saturated heterocycles. The van der Waals surface area contributed by atoms with Gasteiger partial charge in [0, 0.05) is 36.4 Å². The van der Waals surface area contributed by atoms with Crippen molar-refractivity contribution in [3.63, 3.8) is 0 Å². The van der Waals surface area contributed by atoms with Crippen LogP contribution in [0.5, 0.6) is 0 Å². The summed E-state index contributed by atoms with van der Waals surface area (Å²) < 4.78 is 43.5. The Morgan fingerprint density at radius 1 is 1.11 bits per heavy atom. The summed E-state index contributed by atoms with van der Waals surface area (Å²) in [6, 6.07) is 13.3.